The number of benzene rings is 2. The van der Waals surface area contributed by atoms with Crippen LogP contribution in [-0.4, -0.2) is 40.7 Å². The first-order valence-corrected chi connectivity index (χ1v) is 9.01. The second-order valence-corrected chi connectivity index (χ2v) is 7.12. The quantitative estimate of drug-likeness (QED) is 0.852. The molecule has 5 heteroatoms. The molecule has 2 aromatic carbocycles. The molecule has 0 N–H and O–H groups in total. The summed E-state index contributed by atoms with van der Waals surface area (Å²) < 4.78 is 13.1. The van der Waals surface area contributed by atoms with Gasteiger partial charge in [-0.1, -0.05) is 30.3 Å². The summed E-state index contributed by atoms with van der Waals surface area (Å²) in [5, 5.41) is 0. The topological polar surface area (TPSA) is 40.6 Å². The van der Waals surface area contributed by atoms with Crippen LogP contribution in [0.4, 0.5) is 4.39 Å². The lowest BCUT2D eigenvalue weighted by atomic mass is 9.85. The van der Waals surface area contributed by atoms with E-state index in [1.165, 1.54) is 24.3 Å². The third-order valence-electron chi connectivity index (χ3n) is 5.35. The third kappa shape index (κ3) is 3.21. The average Bonchev–Trinajstić information content (AvgIpc) is 2.67. The maximum absolute atomic E-state index is 13.1. The number of carbonyl (C=O) groups is 2. The first-order valence-electron chi connectivity index (χ1n) is 9.01. The molecule has 2 fully saturated rings. The number of carbonyl (C=O) groups excluding carboxylic acids is 2. The van der Waals surface area contributed by atoms with Crippen LogP contribution in [0.25, 0.3) is 0 Å². The molecule has 2 amide bonds. The molecular weight excluding hydrogens is 331 g/mol. The Morgan fingerprint density at radius 1 is 1.08 bits per heavy atom. The first kappa shape index (κ1) is 16.8. The van der Waals surface area contributed by atoms with Crippen LogP contribution in [0.1, 0.15) is 28.8 Å². The standard InChI is InChI=1S/C21H21FN2O2/c22-18-8-6-17(7-9-18)20(25)24-11-10-16-12-19(24)21(26)23(14-16)13-15-4-2-1-3-5-15/h1-9,16,19H,10-14H2/t16-,19+/m0/s1. The van der Waals surface area contributed by atoms with E-state index in [0.29, 0.717) is 24.6 Å². The lowest BCUT2D eigenvalue weighted by molar-refractivity contribution is -0.144. The van der Waals surface area contributed by atoms with Crippen LogP contribution >= 0.6 is 0 Å². The number of hydrogen-bond acceptors (Lipinski definition) is 2. The van der Waals surface area contributed by atoms with Gasteiger partial charge in [-0.2, -0.15) is 0 Å². The minimum Gasteiger partial charge on any atom is -0.336 e. The van der Waals surface area contributed by atoms with Crippen LogP contribution < -0.4 is 0 Å². The Balaban J connectivity index is 1.53. The van der Waals surface area contributed by atoms with Crippen LogP contribution in [0.15, 0.2) is 54.6 Å². The molecule has 4 nitrogen and oxygen atoms in total. The highest BCUT2D eigenvalue weighted by Gasteiger charge is 2.43. The van der Waals surface area contributed by atoms with E-state index in [2.05, 4.69) is 0 Å². The second-order valence-electron chi connectivity index (χ2n) is 7.12. The summed E-state index contributed by atoms with van der Waals surface area (Å²) in [6.07, 6.45) is 1.61. The number of amides is 2. The molecule has 0 spiro atoms. The van der Waals surface area contributed by atoms with Gasteiger partial charge in [0.1, 0.15) is 11.9 Å². The maximum atomic E-state index is 13.1. The largest absolute Gasteiger partial charge is 0.336 e. The molecule has 2 atom stereocenters. The zero-order valence-electron chi connectivity index (χ0n) is 14.5. The van der Waals surface area contributed by atoms with Gasteiger partial charge >= 0.3 is 0 Å². The van der Waals surface area contributed by atoms with Crippen LogP contribution in [0.5, 0.6) is 0 Å². The van der Waals surface area contributed by atoms with Crippen molar-refractivity contribution in [1.29, 1.82) is 0 Å². The molecule has 0 saturated carbocycles. The highest BCUT2D eigenvalue weighted by Crippen LogP contribution is 2.31. The Labute approximate surface area is 152 Å². The predicted octanol–water partition coefficient (Wildman–Crippen LogP) is 3.09. The van der Waals surface area contributed by atoms with Crippen LogP contribution in [0, 0.1) is 11.7 Å². The number of rotatable bonds is 3. The molecule has 2 aromatic rings. The Morgan fingerprint density at radius 2 is 1.81 bits per heavy atom. The molecule has 0 aliphatic carbocycles. The van der Waals surface area contributed by atoms with Crippen molar-refractivity contribution in [2.45, 2.75) is 25.4 Å². The molecule has 134 valence electrons. The molecule has 2 bridgehead atoms. The fraction of sp³-hybridized carbons (Fsp3) is 0.333. The zero-order chi connectivity index (χ0) is 18.1. The minimum atomic E-state index is -0.413. The van der Waals surface area contributed by atoms with E-state index in [-0.39, 0.29) is 17.6 Å². The SMILES string of the molecule is O=C1[C@H]2C[C@H](CCN2C(=O)c2ccc(F)cc2)CN1Cc1ccccc1. The summed E-state index contributed by atoms with van der Waals surface area (Å²) in [6.45, 7) is 1.91. The van der Waals surface area contributed by atoms with Crippen molar-refractivity contribution in [2.75, 3.05) is 13.1 Å². The fourth-order valence-electron chi connectivity index (χ4n) is 4.00. The molecule has 0 radical (unpaired) electrons. The fourth-order valence-corrected chi connectivity index (χ4v) is 4.00. The van der Waals surface area contributed by atoms with Gasteiger partial charge in [-0.3, -0.25) is 9.59 Å². The van der Waals surface area contributed by atoms with E-state index in [1.54, 1.807) is 4.90 Å². The molecular formula is C21H21FN2O2. The summed E-state index contributed by atoms with van der Waals surface area (Å²) in [4.78, 5) is 29.4. The van der Waals surface area contributed by atoms with E-state index in [1.807, 2.05) is 35.2 Å². The van der Waals surface area contributed by atoms with E-state index in [4.69, 9.17) is 0 Å². The van der Waals surface area contributed by atoms with Gasteiger partial charge in [-0.05, 0) is 48.6 Å². The van der Waals surface area contributed by atoms with Crippen LogP contribution in [0.3, 0.4) is 0 Å². The van der Waals surface area contributed by atoms with E-state index in [9.17, 15) is 14.0 Å². The van der Waals surface area contributed by atoms with Gasteiger partial charge in [-0.25, -0.2) is 4.39 Å². The molecule has 2 aliphatic heterocycles. The molecule has 0 unspecified atom stereocenters. The summed E-state index contributed by atoms with van der Waals surface area (Å²) in [5.41, 5.74) is 1.52. The zero-order valence-corrected chi connectivity index (χ0v) is 14.5. The maximum Gasteiger partial charge on any atom is 0.254 e. The Morgan fingerprint density at radius 3 is 2.54 bits per heavy atom. The molecule has 4 rings (SSSR count). The van der Waals surface area contributed by atoms with Crippen LogP contribution in [0.2, 0.25) is 0 Å². The van der Waals surface area contributed by atoms with E-state index >= 15 is 0 Å². The lowest BCUT2D eigenvalue weighted by Crippen LogP contribution is -2.59. The smallest absolute Gasteiger partial charge is 0.254 e. The van der Waals surface area contributed by atoms with Crippen LogP contribution in [-0.2, 0) is 11.3 Å². The summed E-state index contributed by atoms with van der Waals surface area (Å²) >= 11 is 0. The number of halogens is 1. The number of hydrogen-bond donors (Lipinski definition) is 0. The normalized spacial score (nSPS) is 22.4. The summed E-state index contributed by atoms with van der Waals surface area (Å²) in [6, 6.07) is 15.0. The Bertz CT molecular complexity index is 807. The highest BCUT2D eigenvalue weighted by atomic mass is 19.1. The van der Waals surface area contributed by atoms with Gasteiger partial charge in [0.15, 0.2) is 0 Å². The minimum absolute atomic E-state index is 0.0141. The van der Waals surface area contributed by atoms with Gasteiger partial charge < -0.3 is 9.80 Å². The van der Waals surface area contributed by atoms with Gasteiger partial charge in [-0.15, -0.1) is 0 Å². The summed E-state index contributed by atoms with van der Waals surface area (Å²) in [5.74, 6) is -0.120. The first-order chi connectivity index (χ1) is 12.6. The Hall–Kier alpha value is -2.69. The van der Waals surface area contributed by atoms with Crippen molar-refractivity contribution < 1.29 is 14.0 Å². The highest BCUT2D eigenvalue weighted by molar-refractivity contribution is 5.98. The van der Waals surface area contributed by atoms with Gasteiger partial charge in [0.2, 0.25) is 5.91 Å². The monoisotopic (exact) mass is 352 g/mol. The molecule has 2 saturated heterocycles. The van der Waals surface area contributed by atoms with Crippen molar-refractivity contribution in [3.05, 3.63) is 71.5 Å². The molecule has 0 aromatic heterocycles. The van der Waals surface area contributed by atoms with Crippen molar-refractivity contribution in [3.8, 4) is 0 Å². The van der Waals surface area contributed by atoms with Crippen molar-refractivity contribution in [1.82, 2.24) is 9.80 Å². The van der Waals surface area contributed by atoms with Crippen molar-refractivity contribution in [2.24, 2.45) is 5.92 Å². The number of nitrogens with zero attached hydrogens (tertiary/aromatic N) is 2. The molecule has 26 heavy (non-hydrogen) atoms. The third-order valence-corrected chi connectivity index (χ3v) is 5.35. The molecule has 2 heterocycles. The number of piperidine rings is 2. The van der Waals surface area contributed by atoms with E-state index < -0.39 is 6.04 Å². The average molecular weight is 352 g/mol. The number of likely N-dealkylation sites (tertiary alicyclic amines) is 2. The van der Waals surface area contributed by atoms with Gasteiger partial charge in [0.25, 0.3) is 5.91 Å². The second kappa shape index (κ2) is 6.90. The summed E-state index contributed by atoms with van der Waals surface area (Å²) in [7, 11) is 0. The van der Waals surface area contributed by atoms with Gasteiger partial charge in [0.05, 0.1) is 0 Å². The van der Waals surface area contributed by atoms with Crippen molar-refractivity contribution in [3.63, 3.8) is 0 Å². The number of fused-ring (bicyclic) bond motifs is 2. The molecule has 2 aliphatic rings. The van der Waals surface area contributed by atoms with Crippen molar-refractivity contribution >= 4 is 11.8 Å². The van der Waals surface area contributed by atoms with E-state index in [0.717, 1.165) is 24.9 Å². The lowest BCUT2D eigenvalue weighted by Gasteiger charge is -2.46. The van der Waals surface area contributed by atoms with Gasteiger partial charge in [0, 0.05) is 25.2 Å². The Kier molecular flexibility index (Phi) is 4.45. The predicted molar refractivity (Wildman–Crippen MR) is 95.8 cm³/mol.